The minimum absolute atomic E-state index is 0.0195. The number of fused-ring (bicyclic) bond motifs is 3. The first kappa shape index (κ1) is 34.8. The average Bonchev–Trinajstić information content (AvgIpc) is 3.41. The van der Waals surface area contributed by atoms with Crippen LogP contribution in [-0.2, 0) is 24.7 Å². The standard InChI is InChI=1S/C37H43N3O8/c1-5-37(6-2)29-19-26(33(41)22(3)38-47-35(43)24-13-9-7-10-14-24)17-18-28(29)32-30(37)20-27(21-31(32)40(45)46)34(42)23(4)39-48-36(44)25-15-11-8-12-16-25/h17-21,24-25H,5-16H2,1-4H3/b38-22+,39-23+. The van der Waals surface area contributed by atoms with E-state index in [0.29, 0.717) is 35.1 Å². The third-order valence-electron chi connectivity index (χ3n) is 10.4. The van der Waals surface area contributed by atoms with E-state index in [1.54, 1.807) is 24.3 Å². The van der Waals surface area contributed by atoms with Crippen LogP contribution in [0, 0.1) is 22.0 Å². The SMILES string of the molecule is CCC1(CC)c2cc(C(=O)/C(C)=N/OC(=O)C3CCCCC3)ccc2-c2c([N+](=O)[O-])cc(C(=O)/C(C)=N/OC(=O)C3CCCCC3)cc21. The van der Waals surface area contributed by atoms with Gasteiger partial charge in [-0.1, -0.05) is 74.8 Å². The van der Waals surface area contributed by atoms with E-state index in [1.165, 1.54) is 19.9 Å². The molecule has 0 bridgehead atoms. The van der Waals surface area contributed by atoms with E-state index in [0.717, 1.165) is 69.8 Å². The number of hydrogen-bond acceptors (Lipinski definition) is 10. The molecule has 11 heteroatoms. The van der Waals surface area contributed by atoms with E-state index >= 15 is 0 Å². The zero-order valence-electron chi connectivity index (χ0n) is 28.1. The van der Waals surface area contributed by atoms with Crippen LogP contribution in [0.3, 0.4) is 0 Å². The van der Waals surface area contributed by atoms with E-state index in [9.17, 15) is 29.3 Å². The number of nitro benzene ring substituents is 1. The topological polar surface area (TPSA) is 155 Å². The first-order valence-electron chi connectivity index (χ1n) is 17.1. The number of carbonyl (C=O) groups excluding carboxylic acids is 4. The van der Waals surface area contributed by atoms with Gasteiger partial charge in [-0.25, -0.2) is 9.59 Å². The average molecular weight is 658 g/mol. The Morgan fingerprint density at radius 1 is 0.750 bits per heavy atom. The molecule has 0 saturated heterocycles. The highest BCUT2D eigenvalue weighted by molar-refractivity contribution is 6.45. The molecule has 48 heavy (non-hydrogen) atoms. The summed E-state index contributed by atoms with van der Waals surface area (Å²) in [7, 11) is 0. The van der Waals surface area contributed by atoms with Crippen molar-refractivity contribution in [3.05, 3.63) is 62.7 Å². The molecule has 0 spiro atoms. The fourth-order valence-electron chi connectivity index (χ4n) is 7.57. The van der Waals surface area contributed by atoms with Crippen LogP contribution in [0.1, 0.15) is 137 Å². The second-order valence-corrected chi connectivity index (χ2v) is 13.2. The number of oxime groups is 2. The monoisotopic (exact) mass is 657 g/mol. The predicted octanol–water partition coefficient (Wildman–Crippen LogP) is 8.05. The largest absolute Gasteiger partial charge is 0.338 e. The molecule has 0 radical (unpaired) electrons. The van der Waals surface area contributed by atoms with Crippen molar-refractivity contribution >= 4 is 40.6 Å². The molecule has 0 atom stereocenters. The molecule has 0 unspecified atom stereocenters. The van der Waals surface area contributed by atoms with Crippen LogP contribution in [0.25, 0.3) is 11.1 Å². The van der Waals surface area contributed by atoms with E-state index in [2.05, 4.69) is 10.3 Å². The first-order valence-corrected chi connectivity index (χ1v) is 17.1. The summed E-state index contributed by atoms with van der Waals surface area (Å²) in [6.07, 6.45) is 10.0. The maximum absolute atomic E-state index is 13.6. The van der Waals surface area contributed by atoms with Crippen molar-refractivity contribution in [3.63, 3.8) is 0 Å². The van der Waals surface area contributed by atoms with E-state index < -0.39 is 33.8 Å². The van der Waals surface area contributed by atoms with Crippen LogP contribution in [-0.4, -0.2) is 39.9 Å². The Hall–Kier alpha value is -4.54. The van der Waals surface area contributed by atoms with Crippen LogP contribution in [0.5, 0.6) is 0 Å². The zero-order chi connectivity index (χ0) is 34.6. The highest BCUT2D eigenvalue weighted by Gasteiger charge is 2.45. The van der Waals surface area contributed by atoms with E-state index in [4.69, 9.17) is 9.68 Å². The lowest BCUT2D eigenvalue weighted by atomic mass is 9.73. The molecule has 0 heterocycles. The Morgan fingerprint density at radius 3 is 1.71 bits per heavy atom. The summed E-state index contributed by atoms with van der Waals surface area (Å²) in [5.41, 5.74) is 1.69. The molecule has 2 fully saturated rings. The molecule has 254 valence electrons. The number of benzene rings is 2. The van der Waals surface area contributed by atoms with Crippen LogP contribution in [0.4, 0.5) is 5.69 Å². The van der Waals surface area contributed by atoms with Crippen molar-refractivity contribution in [2.75, 3.05) is 0 Å². The third kappa shape index (κ3) is 6.73. The van der Waals surface area contributed by atoms with Gasteiger partial charge in [-0.05, 0) is 81.2 Å². The van der Waals surface area contributed by atoms with Gasteiger partial charge in [0.2, 0.25) is 11.6 Å². The summed E-state index contributed by atoms with van der Waals surface area (Å²) in [6, 6.07) is 7.93. The van der Waals surface area contributed by atoms with Gasteiger partial charge in [0.25, 0.3) is 5.69 Å². The Bertz CT molecular complexity index is 1690. The van der Waals surface area contributed by atoms with Gasteiger partial charge in [0.05, 0.1) is 22.3 Å². The molecule has 0 aliphatic heterocycles. The van der Waals surface area contributed by atoms with E-state index in [1.807, 2.05) is 13.8 Å². The number of nitro groups is 1. The normalized spacial score (nSPS) is 18.1. The number of nitrogens with zero attached hydrogens (tertiary/aromatic N) is 3. The fourth-order valence-corrected chi connectivity index (χ4v) is 7.57. The lowest BCUT2D eigenvalue weighted by Crippen LogP contribution is -2.25. The smallest absolute Gasteiger partial charge is 0.318 e. The molecule has 3 aliphatic carbocycles. The molecule has 0 aromatic heterocycles. The van der Waals surface area contributed by atoms with Crippen molar-refractivity contribution in [2.45, 2.75) is 110 Å². The van der Waals surface area contributed by atoms with Gasteiger partial charge in [0.1, 0.15) is 11.4 Å². The molecule has 2 aromatic carbocycles. The Kier molecular flexibility index (Phi) is 10.7. The van der Waals surface area contributed by atoms with Crippen LogP contribution < -0.4 is 0 Å². The van der Waals surface area contributed by atoms with Gasteiger partial charge in [-0.3, -0.25) is 19.7 Å². The lowest BCUT2D eigenvalue weighted by Gasteiger charge is -2.30. The maximum Gasteiger partial charge on any atom is 0.338 e. The molecule has 11 nitrogen and oxygen atoms in total. The van der Waals surface area contributed by atoms with Crippen molar-refractivity contribution in [2.24, 2.45) is 22.1 Å². The molecule has 5 rings (SSSR count). The summed E-state index contributed by atoms with van der Waals surface area (Å²) in [4.78, 5) is 74.3. The minimum Gasteiger partial charge on any atom is -0.318 e. The number of hydrogen-bond donors (Lipinski definition) is 0. The fraction of sp³-hybridized carbons (Fsp3) is 0.514. The van der Waals surface area contributed by atoms with Crippen molar-refractivity contribution in [1.82, 2.24) is 0 Å². The van der Waals surface area contributed by atoms with Gasteiger partial charge in [0, 0.05) is 22.6 Å². The highest BCUT2D eigenvalue weighted by atomic mass is 16.7. The van der Waals surface area contributed by atoms with Crippen molar-refractivity contribution in [1.29, 1.82) is 0 Å². The van der Waals surface area contributed by atoms with Crippen LogP contribution >= 0.6 is 0 Å². The quantitative estimate of drug-likeness (QED) is 0.0773. The predicted molar refractivity (Wildman–Crippen MR) is 180 cm³/mol. The zero-order valence-corrected chi connectivity index (χ0v) is 28.1. The Balaban J connectivity index is 1.45. The third-order valence-corrected chi connectivity index (χ3v) is 10.4. The number of Topliss-reactive ketones (excluding diaryl/α,β-unsaturated/α-hetero) is 2. The Morgan fingerprint density at radius 2 is 1.23 bits per heavy atom. The summed E-state index contributed by atoms with van der Waals surface area (Å²) >= 11 is 0. The van der Waals surface area contributed by atoms with Crippen molar-refractivity contribution in [3.8, 4) is 11.1 Å². The molecule has 0 amide bonds. The maximum atomic E-state index is 13.6. The molecule has 0 N–H and O–H groups in total. The van der Waals surface area contributed by atoms with Gasteiger partial charge in [0.15, 0.2) is 0 Å². The van der Waals surface area contributed by atoms with Crippen LogP contribution in [0.15, 0.2) is 40.6 Å². The van der Waals surface area contributed by atoms with E-state index in [-0.39, 0.29) is 34.5 Å². The van der Waals surface area contributed by atoms with Crippen molar-refractivity contribution < 1.29 is 33.8 Å². The Labute approximate surface area is 280 Å². The van der Waals surface area contributed by atoms with Crippen LogP contribution in [0.2, 0.25) is 0 Å². The number of rotatable bonds is 11. The molecular formula is C37H43N3O8. The second kappa shape index (κ2) is 14.7. The van der Waals surface area contributed by atoms with Gasteiger partial charge in [-0.2, -0.15) is 0 Å². The highest BCUT2D eigenvalue weighted by Crippen LogP contribution is 2.56. The summed E-state index contributed by atoms with van der Waals surface area (Å²) in [5, 5.41) is 20.2. The van der Waals surface area contributed by atoms with Gasteiger partial charge in [-0.15, -0.1) is 0 Å². The second-order valence-electron chi connectivity index (χ2n) is 13.2. The number of ketones is 2. The summed E-state index contributed by atoms with van der Waals surface area (Å²) in [5.74, 6) is -2.36. The lowest BCUT2D eigenvalue weighted by molar-refractivity contribution is -0.384. The first-order chi connectivity index (χ1) is 23.0. The minimum atomic E-state index is -0.737. The summed E-state index contributed by atoms with van der Waals surface area (Å²) < 4.78 is 0. The number of carbonyl (C=O) groups is 4. The summed E-state index contributed by atoms with van der Waals surface area (Å²) in [6.45, 7) is 6.84. The molecule has 2 aromatic rings. The van der Waals surface area contributed by atoms with Gasteiger partial charge < -0.3 is 9.68 Å². The van der Waals surface area contributed by atoms with Gasteiger partial charge >= 0.3 is 11.9 Å². The molecule has 3 aliphatic rings. The molecule has 2 saturated carbocycles. The molecular weight excluding hydrogens is 614 g/mol.